The first-order valence-corrected chi connectivity index (χ1v) is 11.8. The van der Waals surface area contributed by atoms with Gasteiger partial charge in [0.05, 0.1) is 17.4 Å². The molecule has 3 aromatic carbocycles. The van der Waals surface area contributed by atoms with Crippen LogP contribution in [0.1, 0.15) is 45.5 Å². The fourth-order valence-electron chi connectivity index (χ4n) is 3.86. The van der Waals surface area contributed by atoms with E-state index in [1.54, 1.807) is 16.7 Å². The van der Waals surface area contributed by atoms with Gasteiger partial charge in [0.15, 0.2) is 0 Å². The first-order chi connectivity index (χ1) is 16.3. The van der Waals surface area contributed by atoms with Crippen LogP contribution in [0.4, 0.5) is 5.69 Å². The summed E-state index contributed by atoms with van der Waals surface area (Å²) < 4.78 is 1.76. The first kappa shape index (κ1) is 23.4. The number of aromatic nitrogens is 2. The summed E-state index contributed by atoms with van der Waals surface area (Å²) in [4.78, 5) is 30.8. The lowest BCUT2D eigenvalue weighted by atomic mass is 9.95. The molecule has 0 spiro atoms. The molecular weight excluding hydrogens is 422 g/mol. The van der Waals surface area contributed by atoms with Crippen molar-refractivity contribution in [3.05, 3.63) is 94.5 Å². The third kappa shape index (κ3) is 5.09. The Bertz CT molecular complexity index is 1370. The van der Waals surface area contributed by atoms with Gasteiger partial charge in [-0.2, -0.15) is 0 Å². The number of fused-ring (bicyclic) bond motifs is 1. The molecule has 0 atom stereocenters. The lowest BCUT2D eigenvalue weighted by molar-refractivity contribution is -0.123. The number of amides is 1. The van der Waals surface area contributed by atoms with E-state index in [2.05, 4.69) is 48.6 Å². The van der Waals surface area contributed by atoms with Gasteiger partial charge >= 0.3 is 0 Å². The molecule has 0 aliphatic rings. The van der Waals surface area contributed by atoms with Crippen molar-refractivity contribution in [2.24, 2.45) is 5.41 Å². The standard InChI is InChI=1S/C29H31N3O2/c1-5-9-26-31-25-17-16-23(30-28(34)29(2,3)4)18-24(25)27(33)32(26)19-20-12-14-22(15-13-20)21-10-7-6-8-11-21/h6-8,10-18H,5,9,19H2,1-4H3,(H,30,34). The molecule has 0 unspecified atom stereocenters. The molecule has 34 heavy (non-hydrogen) atoms. The molecular formula is C29H31N3O2. The van der Waals surface area contributed by atoms with Gasteiger partial charge in [-0.25, -0.2) is 4.98 Å². The van der Waals surface area contributed by atoms with E-state index in [9.17, 15) is 9.59 Å². The molecule has 0 saturated carbocycles. The number of carbonyl (C=O) groups excluding carboxylic acids is 1. The predicted octanol–water partition coefficient (Wildman–Crippen LogP) is 6.05. The highest BCUT2D eigenvalue weighted by molar-refractivity contribution is 5.96. The number of carbonyl (C=O) groups is 1. The van der Waals surface area contributed by atoms with E-state index >= 15 is 0 Å². The number of aryl methyl sites for hydroxylation is 1. The third-order valence-corrected chi connectivity index (χ3v) is 5.85. The summed E-state index contributed by atoms with van der Waals surface area (Å²) in [7, 11) is 0. The molecule has 5 nitrogen and oxygen atoms in total. The lowest BCUT2D eigenvalue weighted by Crippen LogP contribution is -2.28. The van der Waals surface area contributed by atoms with E-state index in [4.69, 9.17) is 4.98 Å². The predicted molar refractivity (Wildman–Crippen MR) is 139 cm³/mol. The van der Waals surface area contributed by atoms with Crippen LogP contribution >= 0.6 is 0 Å². The van der Waals surface area contributed by atoms with E-state index in [0.29, 0.717) is 23.1 Å². The Morgan fingerprint density at radius 1 is 0.941 bits per heavy atom. The normalized spacial score (nSPS) is 11.5. The van der Waals surface area contributed by atoms with Crippen molar-refractivity contribution in [2.75, 3.05) is 5.32 Å². The van der Waals surface area contributed by atoms with Crippen molar-refractivity contribution in [1.29, 1.82) is 0 Å². The van der Waals surface area contributed by atoms with E-state index in [1.807, 2.05) is 45.0 Å². The molecule has 0 saturated heterocycles. The fourth-order valence-corrected chi connectivity index (χ4v) is 3.86. The number of nitrogens with one attached hydrogen (secondary N) is 1. The van der Waals surface area contributed by atoms with Crippen LogP contribution < -0.4 is 10.9 Å². The Hall–Kier alpha value is -3.73. The molecule has 174 valence electrons. The highest BCUT2D eigenvalue weighted by atomic mass is 16.2. The van der Waals surface area contributed by atoms with Gasteiger partial charge in [0, 0.05) is 17.5 Å². The molecule has 0 radical (unpaired) electrons. The molecule has 5 heteroatoms. The molecule has 4 rings (SSSR count). The van der Waals surface area contributed by atoms with E-state index in [0.717, 1.165) is 35.4 Å². The Morgan fingerprint density at radius 2 is 1.62 bits per heavy atom. The van der Waals surface area contributed by atoms with Gasteiger partial charge in [-0.3, -0.25) is 14.2 Å². The van der Waals surface area contributed by atoms with Crippen LogP contribution in [0, 0.1) is 5.41 Å². The van der Waals surface area contributed by atoms with Gasteiger partial charge in [0.2, 0.25) is 5.91 Å². The highest BCUT2D eigenvalue weighted by Crippen LogP contribution is 2.22. The molecule has 0 fully saturated rings. The second kappa shape index (κ2) is 9.64. The average molecular weight is 454 g/mol. The van der Waals surface area contributed by atoms with Gasteiger partial charge in [-0.15, -0.1) is 0 Å². The number of hydrogen-bond donors (Lipinski definition) is 1. The quantitative estimate of drug-likeness (QED) is 0.387. The summed E-state index contributed by atoms with van der Waals surface area (Å²) in [6.07, 6.45) is 1.61. The van der Waals surface area contributed by atoms with Gasteiger partial charge < -0.3 is 5.32 Å². The van der Waals surface area contributed by atoms with Crippen LogP contribution in [0.15, 0.2) is 77.6 Å². The highest BCUT2D eigenvalue weighted by Gasteiger charge is 2.21. The fraction of sp³-hybridized carbons (Fsp3) is 0.276. The molecule has 0 aliphatic heterocycles. The van der Waals surface area contributed by atoms with Crippen LogP contribution in [-0.2, 0) is 17.8 Å². The monoisotopic (exact) mass is 453 g/mol. The number of anilines is 1. The van der Waals surface area contributed by atoms with Crippen molar-refractivity contribution in [3.8, 4) is 11.1 Å². The molecule has 0 bridgehead atoms. The van der Waals surface area contributed by atoms with Crippen LogP contribution in [0.5, 0.6) is 0 Å². The van der Waals surface area contributed by atoms with Crippen LogP contribution in [-0.4, -0.2) is 15.5 Å². The van der Waals surface area contributed by atoms with Crippen molar-refractivity contribution < 1.29 is 4.79 Å². The third-order valence-electron chi connectivity index (χ3n) is 5.85. The number of hydrogen-bond acceptors (Lipinski definition) is 3. The maximum atomic E-state index is 13.6. The van der Waals surface area contributed by atoms with Crippen molar-refractivity contribution in [1.82, 2.24) is 9.55 Å². The smallest absolute Gasteiger partial charge is 0.261 e. The topological polar surface area (TPSA) is 64.0 Å². The van der Waals surface area contributed by atoms with E-state index in [1.165, 1.54) is 0 Å². The van der Waals surface area contributed by atoms with Crippen molar-refractivity contribution in [3.63, 3.8) is 0 Å². The molecule has 4 aromatic rings. The Kier molecular flexibility index (Phi) is 6.64. The second-order valence-electron chi connectivity index (χ2n) is 9.67. The summed E-state index contributed by atoms with van der Waals surface area (Å²) in [5.74, 6) is 0.680. The van der Waals surface area contributed by atoms with Gasteiger partial charge in [-0.1, -0.05) is 82.3 Å². The minimum atomic E-state index is -0.524. The maximum absolute atomic E-state index is 13.6. The summed E-state index contributed by atoms with van der Waals surface area (Å²) >= 11 is 0. The van der Waals surface area contributed by atoms with Gasteiger partial charge in [-0.05, 0) is 41.3 Å². The molecule has 1 aromatic heterocycles. The largest absolute Gasteiger partial charge is 0.326 e. The second-order valence-corrected chi connectivity index (χ2v) is 9.67. The van der Waals surface area contributed by atoms with E-state index in [-0.39, 0.29) is 11.5 Å². The Balaban J connectivity index is 1.70. The van der Waals surface area contributed by atoms with Gasteiger partial charge in [0.25, 0.3) is 5.56 Å². The van der Waals surface area contributed by atoms with Crippen LogP contribution in [0.25, 0.3) is 22.0 Å². The zero-order chi connectivity index (χ0) is 24.3. The zero-order valence-corrected chi connectivity index (χ0v) is 20.3. The molecule has 1 amide bonds. The summed E-state index contributed by atoms with van der Waals surface area (Å²) in [5, 5.41) is 3.42. The van der Waals surface area contributed by atoms with Crippen LogP contribution in [0.2, 0.25) is 0 Å². The number of benzene rings is 3. The Labute approximate surface area is 200 Å². The summed E-state index contributed by atoms with van der Waals surface area (Å²) in [5.41, 5.74) is 3.98. The average Bonchev–Trinajstić information content (AvgIpc) is 2.82. The molecule has 1 N–H and O–H groups in total. The van der Waals surface area contributed by atoms with Crippen LogP contribution in [0.3, 0.4) is 0 Å². The minimum Gasteiger partial charge on any atom is -0.326 e. The van der Waals surface area contributed by atoms with E-state index < -0.39 is 5.41 Å². The molecule has 0 aliphatic carbocycles. The number of rotatable bonds is 6. The lowest BCUT2D eigenvalue weighted by Gasteiger charge is -2.18. The number of nitrogens with zero attached hydrogens (tertiary/aromatic N) is 2. The zero-order valence-electron chi connectivity index (χ0n) is 20.3. The van der Waals surface area contributed by atoms with Crippen molar-refractivity contribution in [2.45, 2.75) is 47.1 Å². The molecule has 1 heterocycles. The first-order valence-electron chi connectivity index (χ1n) is 11.8. The maximum Gasteiger partial charge on any atom is 0.261 e. The minimum absolute atomic E-state index is 0.0903. The SMILES string of the molecule is CCCc1nc2ccc(NC(=O)C(C)(C)C)cc2c(=O)n1Cc1ccc(-c2ccccc2)cc1. The Morgan fingerprint density at radius 3 is 2.26 bits per heavy atom. The van der Waals surface area contributed by atoms with Crippen molar-refractivity contribution >= 4 is 22.5 Å². The summed E-state index contributed by atoms with van der Waals surface area (Å²) in [6.45, 7) is 8.11. The summed E-state index contributed by atoms with van der Waals surface area (Å²) in [6, 6.07) is 23.9. The van der Waals surface area contributed by atoms with Gasteiger partial charge in [0.1, 0.15) is 5.82 Å².